The normalized spacial score (nSPS) is 18.6. The van der Waals surface area contributed by atoms with Gasteiger partial charge in [0.05, 0.1) is 5.56 Å². The van der Waals surface area contributed by atoms with Crippen LogP contribution in [0, 0.1) is 0 Å². The predicted octanol–water partition coefficient (Wildman–Crippen LogP) is 3.65. The minimum Gasteiger partial charge on any atom is -0.349 e. The number of amides is 2. The largest absolute Gasteiger partial charge is 0.349 e. The van der Waals surface area contributed by atoms with Gasteiger partial charge < -0.3 is 10.6 Å². The first kappa shape index (κ1) is 15.5. The van der Waals surface area contributed by atoms with Gasteiger partial charge in [-0.25, -0.2) is 0 Å². The smallest absolute Gasteiger partial charge is 0.254 e. The van der Waals surface area contributed by atoms with Gasteiger partial charge in [0.15, 0.2) is 0 Å². The lowest BCUT2D eigenvalue weighted by atomic mass is 9.93. The number of hydrogen-bond acceptors (Lipinski definition) is 3. The zero-order valence-electron chi connectivity index (χ0n) is 13.2. The van der Waals surface area contributed by atoms with Crippen molar-refractivity contribution in [2.24, 2.45) is 0 Å². The SMILES string of the molecule is CC(=O)Nc1sc2c(c1C(=O)NC1CCCCC1)CCCC2. The molecule has 0 bridgehead atoms. The highest BCUT2D eigenvalue weighted by Crippen LogP contribution is 2.38. The molecule has 4 nitrogen and oxygen atoms in total. The zero-order chi connectivity index (χ0) is 15.5. The van der Waals surface area contributed by atoms with Crippen molar-refractivity contribution in [2.75, 3.05) is 5.32 Å². The lowest BCUT2D eigenvalue weighted by molar-refractivity contribution is -0.114. The van der Waals surface area contributed by atoms with E-state index in [0.29, 0.717) is 6.04 Å². The molecule has 2 N–H and O–H groups in total. The third kappa shape index (κ3) is 3.35. The van der Waals surface area contributed by atoms with Crippen molar-refractivity contribution in [1.29, 1.82) is 0 Å². The highest BCUT2D eigenvalue weighted by molar-refractivity contribution is 7.17. The summed E-state index contributed by atoms with van der Waals surface area (Å²) in [5.41, 5.74) is 1.91. The average Bonchev–Trinajstić information content (AvgIpc) is 2.85. The Morgan fingerprint density at radius 2 is 1.77 bits per heavy atom. The van der Waals surface area contributed by atoms with E-state index in [1.165, 1.54) is 43.0 Å². The van der Waals surface area contributed by atoms with Crippen LogP contribution < -0.4 is 10.6 Å². The standard InChI is InChI=1S/C17H24N2O2S/c1-11(20)18-17-15(13-9-5-6-10-14(13)22-17)16(21)19-12-7-3-2-4-8-12/h12H,2-10H2,1H3,(H,18,20)(H,19,21). The molecule has 3 rings (SSSR count). The second kappa shape index (κ2) is 6.82. The third-order valence-electron chi connectivity index (χ3n) is 4.63. The van der Waals surface area contributed by atoms with Gasteiger partial charge in [0.1, 0.15) is 5.00 Å². The Hall–Kier alpha value is -1.36. The first-order valence-corrected chi connectivity index (χ1v) is 9.20. The molecule has 0 radical (unpaired) electrons. The van der Waals surface area contributed by atoms with Crippen LogP contribution >= 0.6 is 11.3 Å². The molecule has 22 heavy (non-hydrogen) atoms. The lowest BCUT2D eigenvalue weighted by Gasteiger charge is -2.23. The van der Waals surface area contributed by atoms with E-state index >= 15 is 0 Å². The Labute approximate surface area is 135 Å². The molecule has 1 aromatic heterocycles. The molecule has 0 unspecified atom stereocenters. The van der Waals surface area contributed by atoms with Crippen LogP contribution in [0.1, 0.15) is 72.7 Å². The molecule has 2 aliphatic rings. The van der Waals surface area contributed by atoms with E-state index in [2.05, 4.69) is 10.6 Å². The van der Waals surface area contributed by atoms with Gasteiger partial charge >= 0.3 is 0 Å². The van der Waals surface area contributed by atoms with E-state index in [1.807, 2.05) is 0 Å². The number of carbonyl (C=O) groups is 2. The molecule has 5 heteroatoms. The minimum atomic E-state index is -0.106. The number of nitrogens with one attached hydrogen (secondary N) is 2. The Bertz CT molecular complexity index is 573. The van der Waals surface area contributed by atoms with Gasteiger partial charge in [0, 0.05) is 17.8 Å². The van der Waals surface area contributed by atoms with E-state index in [1.54, 1.807) is 11.3 Å². The highest BCUT2D eigenvalue weighted by atomic mass is 32.1. The number of aryl methyl sites for hydroxylation is 1. The summed E-state index contributed by atoms with van der Waals surface area (Å²) in [6, 6.07) is 0.297. The van der Waals surface area contributed by atoms with Crippen LogP contribution in [0.5, 0.6) is 0 Å². The van der Waals surface area contributed by atoms with E-state index in [0.717, 1.165) is 42.7 Å². The monoisotopic (exact) mass is 320 g/mol. The van der Waals surface area contributed by atoms with Crippen LogP contribution in [0.3, 0.4) is 0 Å². The number of anilines is 1. The Morgan fingerprint density at radius 1 is 1.05 bits per heavy atom. The van der Waals surface area contributed by atoms with Crippen LogP contribution in [0.25, 0.3) is 0 Å². The van der Waals surface area contributed by atoms with Gasteiger partial charge in [-0.2, -0.15) is 0 Å². The van der Waals surface area contributed by atoms with Crippen molar-refractivity contribution in [3.05, 3.63) is 16.0 Å². The molecule has 2 aliphatic carbocycles. The zero-order valence-corrected chi connectivity index (χ0v) is 14.0. The summed E-state index contributed by atoms with van der Waals surface area (Å²) in [7, 11) is 0. The van der Waals surface area contributed by atoms with Gasteiger partial charge in [0.2, 0.25) is 5.91 Å². The predicted molar refractivity (Wildman–Crippen MR) is 89.6 cm³/mol. The van der Waals surface area contributed by atoms with Crippen molar-refractivity contribution in [1.82, 2.24) is 5.32 Å². The quantitative estimate of drug-likeness (QED) is 0.893. The molecule has 2 amide bonds. The first-order valence-electron chi connectivity index (χ1n) is 8.38. The van der Waals surface area contributed by atoms with Crippen molar-refractivity contribution < 1.29 is 9.59 Å². The number of hydrogen-bond donors (Lipinski definition) is 2. The van der Waals surface area contributed by atoms with E-state index in [-0.39, 0.29) is 11.8 Å². The number of fused-ring (bicyclic) bond motifs is 1. The van der Waals surface area contributed by atoms with Gasteiger partial charge in [-0.15, -0.1) is 11.3 Å². The summed E-state index contributed by atoms with van der Waals surface area (Å²) in [4.78, 5) is 25.5. The molecule has 1 fully saturated rings. The molecule has 0 aliphatic heterocycles. The van der Waals surface area contributed by atoms with Crippen molar-refractivity contribution in [3.63, 3.8) is 0 Å². The number of thiophene rings is 1. The van der Waals surface area contributed by atoms with Crippen molar-refractivity contribution >= 4 is 28.2 Å². The van der Waals surface area contributed by atoms with Gasteiger partial charge in [-0.05, 0) is 44.1 Å². The van der Waals surface area contributed by atoms with Gasteiger partial charge in [-0.1, -0.05) is 19.3 Å². The third-order valence-corrected chi connectivity index (χ3v) is 5.84. The molecule has 1 saturated carbocycles. The van der Waals surface area contributed by atoms with Crippen molar-refractivity contribution in [3.8, 4) is 0 Å². The molecule has 120 valence electrons. The molecule has 0 spiro atoms. The summed E-state index contributed by atoms with van der Waals surface area (Å²) < 4.78 is 0. The fraction of sp³-hybridized carbons (Fsp3) is 0.647. The highest BCUT2D eigenvalue weighted by Gasteiger charge is 2.27. The fourth-order valence-corrected chi connectivity index (χ4v) is 4.89. The molecule has 0 saturated heterocycles. The Kier molecular flexibility index (Phi) is 4.81. The van der Waals surface area contributed by atoms with Crippen molar-refractivity contribution in [2.45, 2.75) is 70.8 Å². The van der Waals surface area contributed by atoms with Crippen LogP contribution in [0.4, 0.5) is 5.00 Å². The average molecular weight is 320 g/mol. The lowest BCUT2D eigenvalue weighted by Crippen LogP contribution is -2.36. The van der Waals surface area contributed by atoms with Crippen LogP contribution in [0.15, 0.2) is 0 Å². The molecular formula is C17H24N2O2S. The van der Waals surface area contributed by atoms with E-state index in [9.17, 15) is 9.59 Å². The number of rotatable bonds is 3. The molecular weight excluding hydrogens is 296 g/mol. The number of carbonyl (C=O) groups excluding carboxylic acids is 2. The topological polar surface area (TPSA) is 58.2 Å². The summed E-state index contributed by atoms with van der Waals surface area (Å²) >= 11 is 1.59. The van der Waals surface area contributed by atoms with Crippen LogP contribution in [-0.2, 0) is 17.6 Å². The second-order valence-electron chi connectivity index (χ2n) is 6.40. The first-order chi connectivity index (χ1) is 10.6. The second-order valence-corrected chi connectivity index (χ2v) is 7.51. The Morgan fingerprint density at radius 3 is 2.50 bits per heavy atom. The fourth-order valence-electron chi connectivity index (χ4n) is 3.56. The summed E-state index contributed by atoms with van der Waals surface area (Å²) in [5, 5.41) is 6.81. The van der Waals surface area contributed by atoms with Gasteiger partial charge in [-0.3, -0.25) is 9.59 Å². The van der Waals surface area contributed by atoms with E-state index in [4.69, 9.17) is 0 Å². The van der Waals surface area contributed by atoms with E-state index < -0.39 is 0 Å². The molecule has 1 heterocycles. The maximum Gasteiger partial charge on any atom is 0.254 e. The molecule has 0 aromatic carbocycles. The van der Waals surface area contributed by atoms with Crippen LogP contribution in [-0.4, -0.2) is 17.9 Å². The maximum absolute atomic E-state index is 12.8. The molecule has 0 atom stereocenters. The summed E-state index contributed by atoms with van der Waals surface area (Å²) in [6.07, 6.45) is 10.1. The van der Waals surface area contributed by atoms with Crippen LogP contribution in [0.2, 0.25) is 0 Å². The Balaban J connectivity index is 1.84. The van der Waals surface area contributed by atoms with Gasteiger partial charge in [0.25, 0.3) is 5.91 Å². The minimum absolute atomic E-state index is 0.00931. The maximum atomic E-state index is 12.8. The molecule has 1 aromatic rings. The summed E-state index contributed by atoms with van der Waals surface area (Å²) in [6.45, 7) is 1.50. The summed E-state index contributed by atoms with van der Waals surface area (Å²) in [5.74, 6) is -0.0969.